The predicted octanol–water partition coefficient (Wildman–Crippen LogP) is 2.41. The Morgan fingerprint density at radius 2 is 2.00 bits per heavy atom. The molecule has 25 heavy (non-hydrogen) atoms. The molecule has 0 bridgehead atoms. The van der Waals surface area contributed by atoms with E-state index in [1.807, 2.05) is 11.8 Å². The molecule has 0 atom stereocenters. The van der Waals surface area contributed by atoms with E-state index in [1.54, 1.807) is 12.1 Å². The number of sulfonamides is 1. The zero-order chi connectivity index (χ0) is 18.3. The van der Waals surface area contributed by atoms with Crippen molar-refractivity contribution in [2.45, 2.75) is 50.0 Å². The van der Waals surface area contributed by atoms with Crippen LogP contribution in [0, 0.1) is 0 Å². The van der Waals surface area contributed by atoms with E-state index in [-0.39, 0.29) is 23.4 Å². The van der Waals surface area contributed by atoms with E-state index in [9.17, 15) is 13.2 Å². The Morgan fingerprint density at radius 1 is 1.28 bits per heavy atom. The number of amides is 1. The van der Waals surface area contributed by atoms with E-state index in [2.05, 4.69) is 4.72 Å². The number of hydrogen-bond donors (Lipinski definition) is 1. The minimum atomic E-state index is -3.65. The second kappa shape index (κ2) is 9.31. The maximum atomic E-state index is 12.9. The minimum Gasteiger partial charge on any atom is -0.383 e. The maximum Gasteiger partial charge on any atom is 0.254 e. The molecule has 0 heterocycles. The second-order valence-electron chi connectivity index (χ2n) is 6.30. The summed E-state index contributed by atoms with van der Waals surface area (Å²) in [7, 11) is -2.13. The maximum absolute atomic E-state index is 12.9. The molecule has 140 valence electrons. The molecule has 2 rings (SSSR count). The molecule has 1 aliphatic rings. The molecule has 0 radical (unpaired) electrons. The zero-order valence-electron chi connectivity index (χ0n) is 15.0. The molecule has 1 saturated carbocycles. The van der Waals surface area contributed by atoms with Gasteiger partial charge in [-0.1, -0.05) is 25.3 Å². The van der Waals surface area contributed by atoms with Crippen molar-refractivity contribution in [1.29, 1.82) is 0 Å². The third-order valence-corrected chi connectivity index (χ3v) is 6.07. The summed E-state index contributed by atoms with van der Waals surface area (Å²) in [6.45, 7) is 3.09. The molecule has 1 aromatic rings. The molecule has 1 aromatic carbocycles. The highest BCUT2D eigenvalue weighted by molar-refractivity contribution is 7.89. The van der Waals surface area contributed by atoms with E-state index in [1.165, 1.54) is 25.7 Å². The van der Waals surface area contributed by atoms with Gasteiger partial charge in [0.15, 0.2) is 0 Å². The fourth-order valence-corrected chi connectivity index (χ4v) is 4.34. The topological polar surface area (TPSA) is 75.7 Å². The molecule has 0 saturated heterocycles. The minimum absolute atomic E-state index is 0.0941. The van der Waals surface area contributed by atoms with Crippen LogP contribution in [-0.2, 0) is 14.8 Å². The second-order valence-corrected chi connectivity index (χ2v) is 8.07. The number of carbonyl (C=O) groups is 1. The first-order valence-electron chi connectivity index (χ1n) is 8.89. The molecule has 6 nitrogen and oxygen atoms in total. The van der Waals surface area contributed by atoms with Crippen LogP contribution in [0.5, 0.6) is 0 Å². The van der Waals surface area contributed by atoms with Gasteiger partial charge >= 0.3 is 0 Å². The van der Waals surface area contributed by atoms with E-state index in [0.717, 1.165) is 25.7 Å². The fraction of sp³-hybridized carbons (Fsp3) is 0.611. The summed E-state index contributed by atoms with van der Waals surface area (Å²) in [5, 5.41) is 0. The Morgan fingerprint density at radius 3 is 2.64 bits per heavy atom. The highest BCUT2D eigenvalue weighted by atomic mass is 32.2. The summed E-state index contributed by atoms with van der Waals surface area (Å²) in [5.41, 5.74) is 0.419. The molecule has 1 N–H and O–H groups in total. The summed E-state index contributed by atoms with van der Waals surface area (Å²) in [6.07, 6.45) is 5.56. The number of rotatable bonds is 8. The molecule has 1 fully saturated rings. The van der Waals surface area contributed by atoms with E-state index < -0.39 is 10.0 Å². The molecular formula is C18H28N2O4S. The number of hydrogen-bond acceptors (Lipinski definition) is 4. The van der Waals surface area contributed by atoms with E-state index in [4.69, 9.17) is 4.74 Å². The Labute approximate surface area is 150 Å². The normalized spacial score (nSPS) is 15.9. The number of benzene rings is 1. The van der Waals surface area contributed by atoms with Gasteiger partial charge in [-0.05, 0) is 38.0 Å². The molecule has 0 spiro atoms. The molecule has 0 aliphatic heterocycles. The lowest BCUT2D eigenvalue weighted by molar-refractivity contribution is 0.0647. The Hall–Kier alpha value is -1.44. The van der Waals surface area contributed by atoms with Crippen LogP contribution in [0.1, 0.15) is 49.4 Å². The molecule has 7 heteroatoms. The average molecular weight is 368 g/mol. The summed E-state index contributed by atoms with van der Waals surface area (Å²) >= 11 is 0. The van der Waals surface area contributed by atoms with E-state index in [0.29, 0.717) is 18.7 Å². The smallest absolute Gasteiger partial charge is 0.254 e. The highest BCUT2D eigenvalue weighted by Gasteiger charge is 2.25. The number of ether oxygens (including phenoxy) is 1. The zero-order valence-corrected chi connectivity index (χ0v) is 15.8. The van der Waals surface area contributed by atoms with Gasteiger partial charge in [0, 0.05) is 31.8 Å². The monoisotopic (exact) mass is 368 g/mol. The Kier molecular flexibility index (Phi) is 7.40. The summed E-state index contributed by atoms with van der Waals surface area (Å²) in [4.78, 5) is 14.9. The van der Waals surface area contributed by atoms with Crippen LogP contribution in [-0.4, -0.2) is 52.1 Å². The van der Waals surface area contributed by atoms with Gasteiger partial charge in [-0.25, -0.2) is 13.1 Å². The molecule has 0 unspecified atom stereocenters. The van der Waals surface area contributed by atoms with Crippen LogP contribution < -0.4 is 4.72 Å². The van der Waals surface area contributed by atoms with Crippen LogP contribution in [0.25, 0.3) is 0 Å². The first kappa shape index (κ1) is 19.9. The van der Waals surface area contributed by atoms with Crippen molar-refractivity contribution in [1.82, 2.24) is 9.62 Å². The van der Waals surface area contributed by atoms with Crippen molar-refractivity contribution in [2.75, 3.05) is 26.8 Å². The SMILES string of the molecule is CCN(C(=O)c1cccc(S(=O)(=O)NCCOC)c1)C1CCCCC1. The lowest BCUT2D eigenvalue weighted by atomic mass is 9.93. The summed E-state index contributed by atoms with van der Waals surface area (Å²) < 4.78 is 32.0. The summed E-state index contributed by atoms with van der Waals surface area (Å²) in [5.74, 6) is -0.0941. The quantitative estimate of drug-likeness (QED) is 0.715. The van der Waals surface area contributed by atoms with Crippen molar-refractivity contribution < 1.29 is 17.9 Å². The predicted molar refractivity (Wildman–Crippen MR) is 97.1 cm³/mol. The van der Waals surface area contributed by atoms with Crippen molar-refractivity contribution >= 4 is 15.9 Å². The standard InChI is InChI=1S/C18H28N2O4S/c1-3-20(16-9-5-4-6-10-16)18(21)15-8-7-11-17(14-15)25(22,23)19-12-13-24-2/h7-8,11,14,16,19H,3-6,9-10,12-13H2,1-2H3. The van der Waals surface area contributed by atoms with Gasteiger partial charge in [-0.3, -0.25) is 4.79 Å². The van der Waals surface area contributed by atoms with Gasteiger partial charge < -0.3 is 9.64 Å². The van der Waals surface area contributed by atoms with Crippen LogP contribution in [0.4, 0.5) is 0 Å². The third kappa shape index (κ3) is 5.26. The van der Waals surface area contributed by atoms with Gasteiger partial charge in [0.25, 0.3) is 5.91 Å². The first-order chi connectivity index (χ1) is 12.0. The van der Waals surface area contributed by atoms with Crippen LogP contribution in [0.3, 0.4) is 0 Å². The lowest BCUT2D eigenvalue weighted by Gasteiger charge is -2.33. The van der Waals surface area contributed by atoms with Crippen molar-refractivity contribution in [2.24, 2.45) is 0 Å². The van der Waals surface area contributed by atoms with Crippen molar-refractivity contribution in [3.05, 3.63) is 29.8 Å². The molecular weight excluding hydrogens is 340 g/mol. The number of nitrogens with zero attached hydrogens (tertiary/aromatic N) is 1. The number of carbonyl (C=O) groups excluding carboxylic acids is 1. The molecule has 1 aliphatic carbocycles. The summed E-state index contributed by atoms with van der Waals surface area (Å²) in [6, 6.07) is 6.52. The third-order valence-electron chi connectivity index (χ3n) is 4.61. The number of methoxy groups -OCH3 is 1. The lowest BCUT2D eigenvalue weighted by Crippen LogP contribution is -2.41. The average Bonchev–Trinajstić information content (AvgIpc) is 2.63. The highest BCUT2D eigenvalue weighted by Crippen LogP contribution is 2.24. The van der Waals surface area contributed by atoms with Gasteiger partial charge in [0.2, 0.25) is 10.0 Å². The molecule has 1 amide bonds. The molecule has 0 aromatic heterocycles. The van der Waals surface area contributed by atoms with Crippen LogP contribution >= 0.6 is 0 Å². The number of nitrogens with one attached hydrogen (secondary N) is 1. The first-order valence-corrected chi connectivity index (χ1v) is 10.4. The van der Waals surface area contributed by atoms with Gasteiger partial charge in [0.1, 0.15) is 0 Å². The Bertz CT molecular complexity index is 669. The largest absolute Gasteiger partial charge is 0.383 e. The van der Waals surface area contributed by atoms with Gasteiger partial charge in [-0.15, -0.1) is 0 Å². The van der Waals surface area contributed by atoms with Crippen molar-refractivity contribution in [3.63, 3.8) is 0 Å². The fourth-order valence-electron chi connectivity index (χ4n) is 3.28. The van der Waals surface area contributed by atoms with Gasteiger partial charge in [0.05, 0.1) is 11.5 Å². The van der Waals surface area contributed by atoms with Crippen LogP contribution in [0.2, 0.25) is 0 Å². The van der Waals surface area contributed by atoms with Crippen LogP contribution in [0.15, 0.2) is 29.2 Å². The van der Waals surface area contributed by atoms with Gasteiger partial charge in [-0.2, -0.15) is 0 Å². The Balaban J connectivity index is 2.17. The van der Waals surface area contributed by atoms with E-state index >= 15 is 0 Å². The van der Waals surface area contributed by atoms with Crippen molar-refractivity contribution in [3.8, 4) is 0 Å².